The van der Waals surface area contributed by atoms with E-state index >= 15 is 0 Å². The van der Waals surface area contributed by atoms with E-state index in [1.807, 2.05) is 66.7 Å². The minimum Gasteiger partial charge on any atom is -0.361 e. The fourth-order valence-corrected chi connectivity index (χ4v) is 3.80. The summed E-state index contributed by atoms with van der Waals surface area (Å²) in [6, 6.07) is 24.0. The molecule has 3 rings (SSSR count). The average Bonchev–Trinajstić information content (AvgIpc) is 3.10. The molecule has 2 aromatic carbocycles. The summed E-state index contributed by atoms with van der Waals surface area (Å²) in [4.78, 5) is 2.30. The number of hydrogen-bond donors (Lipinski definition) is 0. The van der Waals surface area contributed by atoms with Crippen LogP contribution in [-0.4, -0.2) is 17.2 Å². The predicted octanol–water partition coefficient (Wildman–Crippen LogP) is 4.58. The van der Waals surface area contributed by atoms with Gasteiger partial charge in [0.2, 0.25) is 0 Å². The van der Waals surface area contributed by atoms with Gasteiger partial charge in [-0.2, -0.15) is 10.5 Å². The topological polar surface area (TPSA) is 50.8 Å². The minimum absolute atomic E-state index is 0.144. The molecule has 3 nitrogen and oxygen atoms in total. The summed E-state index contributed by atoms with van der Waals surface area (Å²) < 4.78 is 0. The van der Waals surface area contributed by atoms with Crippen LogP contribution in [0.15, 0.2) is 77.3 Å². The second kappa shape index (κ2) is 8.24. The highest BCUT2D eigenvalue weighted by Gasteiger charge is 2.19. The summed E-state index contributed by atoms with van der Waals surface area (Å²) in [6.45, 7) is 1.79. The molecule has 0 amide bonds. The van der Waals surface area contributed by atoms with Gasteiger partial charge in [0.05, 0.1) is 5.03 Å². The zero-order valence-corrected chi connectivity index (χ0v) is 14.5. The van der Waals surface area contributed by atoms with E-state index in [2.05, 4.69) is 17.0 Å². The molecule has 0 aliphatic carbocycles. The smallest absolute Gasteiger partial charge is 0.137 e. The Morgan fingerprint density at radius 1 is 1.00 bits per heavy atom. The van der Waals surface area contributed by atoms with Crippen molar-refractivity contribution < 1.29 is 0 Å². The van der Waals surface area contributed by atoms with E-state index in [1.54, 1.807) is 11.8 Å². The molecular weight excluding hydrogens is 326 g/mol. The lowest BCUT2D eigenvalue weighted by molar-refractivity contribution is 0.396. The molecule has 0 bridgehead atoms. The third-order valence-corrected chi connectivity index (χ3v) is 5.04. The molecule has 0 radical (unpaired) electrons. The summed E-state index contributed by atoms with van der Waals surface area (Å²) in [5.41, 5.74) is 2.97. The van der Waals surface area contributed by atoms with Crippen LogP contribution in [0.4, 0.5) is 0 Å². The van der Waals surface area contributed by atoms with Gasteiger partial charge in [0, 0.05) is 24.4 Å². The Morgan fingerprint density at radius 2 is 1.64 bits per heavy atom. The molecule has 25 heavy (non-hydrogen) atoms. The lowest BCUT2D eigenvalue weighted by atomic mass is 10.0. The zero-order chi connectivity index (χ0) is 17.5. The van der Waals surface area contributed by atoms with E-state index in [0.29, 0.717) is 5.57 Å². The van der Waals surface area contributed by atoms with Crippen molar-refractivity contribution in [1.29, 1.82) is 10.5 Å². The largest absolute Gasteiger partial charge is 0.361 e. The summed E-state index contributed by atoms with van der Waals surface area (Å²) >= 11 is 1.77. The van der Waals surface area contributed by atoms with Crippen LogP contribution < -0.4 is 0 Å². The molecule has 2 aromatic rings. The molecule has 1 heterocycles. The molecule has 122 valence electrons. The summed E-state index contributed by atoms with van der Waals surface area (Å²) in [6.07, 6.45) is 1.98. The van der Waals surface area contributed by atoms with Gasteiger partial charge < -0.3 is 4.90 Å². The van der Waals surface area contributed by atoms with Gasteiger partial charge in [-0.3, -0.25) is 0 Å². The molecule has 1 aliphatic heterocycles. The normalized spacial score (nSPS) is 14.8. The average molecular weight is 343 g/mol. The maximum absolute atomic E-state index is 9.35. The van der Waals surface area contributed by atoms with E-state index in [0.717, 1.165) is 29.4 Å². The highest BCUT2D eigenvalue weighted by molar-refractivity contribution is 8.03. The van der Waals surface area contributed by atoms with Crippen molar-refractivity contribution in [2.24, 2.45) is 0 Å². The Bertz CT molecular complexity index is 855. The number of benzene rings is 2. The van der Waals surface area contributed by atoms with Crippen molar-refractivity contribution in [3.63, 3.8) is 0 Å². The van der Waals surface area contributed by atoms with Crippen molar-refractivity contribution in [2.45, 2.75) is 6.54 Å². The van der Waals surface area contributed by atoms with Crippen molar-refractivity contribution in [3.8, 4) is 12.1 Å². The number of thioether (sulfide) groups is 1. The van der Waals surface area contributed by atoms with Crippen molar-refractivity contribution in [3.05, 3.63) is 88.5 Å². The third-order valence-electron chi connectivity index (χ3n) is 3.98. The lowest BCUT2D eigenvalue weighted by Gasteiger charge is -2.19. The van der Waals surface area contributed by atoms with Crippen LogP contribution in [0.25, 0.3) is 5.57 Å². The molecule has 1 saturated heterocycles. The Kier molecular flexibility index (Phi) is 5.57. The molecule has 1 fully saturated rings. The predicted molar refractivity (Wildman–Crippen MR) is 102 cm³/mol. The fraction of sp³-hybridized carbons (Fsp3) is 0.143. The second-order valence-electron chi connectivity index (χ2n) is 5.62. The van der Waals surface area contributed by atoms with Gasteiger partial charge in [-0.15, -0.1) is 11.8 Å². The molecule has 0 unspecified atom stereocenters. The van der Waals surface area contributed by atoms with Crippen LogP contribution in [-0.2, 0) is 6.54 Å². The first-order chi connectivity index (χ1) is 12.3. The van der Waals surface area contributed by atoms with Gasteiger partial charge in [0.15, 0.2) is 0 Å². The Balaban J connectivity index is 1.96. The van der Waals surface area contributed by atoms with E-state index in [-0.39, 0.29) is 5.57 Å². The first-order valence-corrected chi connectivity index (χ1v) is 9.03. The molecule has 0 N–H and O–H groups in total. The van der Waals surface area contributed by atoms with Crippen molar-refractivity contribution >= 4 is 17.3 Å². The van der Waals surface area contributed by atoms with Crippen LogP contribution >= 0.6 is 11.8 Å². The van der Waals surface area contributed by atoms with Crippen LogP contribution in [0.2, 0.25) is 0 Å². The first-order valence-electron chi connectivity index (χ1n) is 8.05. The van der Waals surface area contributed by atoms with E-state index < -0.39 is 0 Å². The summed E-state index contributed by atoms with van der Waals surface area (Å²) in [5.74, 6) is 1.01. The molecule has 1 aliphatic rings. The maximum Gasteiger partial charge on any atom is 0.137 e. The Morgan fingerprint density at radius 3 is 2.28 bits per heavy atom. The monoisotopic (exact) mass is 343 g/mol. The van der Waals surface area contributed by atoms with Gasteiger partial charge in [-0.25, -0.2) is 0 Å². The van der Waals surface area contributed by atoms with Gasteiger partial charge >= 0.3 is 0 Å². The number of rotatable bonds is 4. The van der Waals surface area contributed by atoms with Gasteiger partial charge in [-0.05, 0) is 17.2 Å². The van der Waals surface area contributed by atoms with Crippen molar-refractivity contribution in [1.82, 2.24) is 4.90 Å². The Labute approximate surface area is 152 Å². The van der Waals surface area contributed by atoms with E-state index in [1.165, 1.54) is 5.56 Å². The number of nitrogens with zero attached hydrogens (tertiary/aromatic N) is 3. The van der Waals surface area contributed by atoms with Gasteiger partial charge in [0.25, 0.3) is 0 Å². The van der Waals surface area contributed by atoms with Crippen LogP contribution in [0.1, 0.15) is 11.1 Å². The second-order valence-corrected chi connectivity index (χ2v) is 6.73. The van der Waals surface area contributed by atoms with E-state index in [4.69, 9.17) is 0 Å². The highest BCUT2D eigenvalue weighted by Crippen LogP contribution is 2.33. The van der Waals surface area contributed by atoms with Gasteiger partial charge in [-0.1, -0.05) is 60.7 Å². The number of hydrogen-bond acceptors (Lipinski definition) is 4. The van der Waals surface area contributed by atoms with Crippen LogP contribution in [0.5, 0.6) is 0 Å². The minimum atomic E-state index is 0.144. The third kappa shape index (κ3) is 4.12. The molecule has 4 heteroatoms. The first kappa shape index (κ1) is 16.9. The standard InChI is InChI=1S/C21H17N3S/c22-14-19(15-23)20(18-9-5-2-6-10-18)13-21-24(11-12-25-21)16-17-7-3-1-4-8-17/h1-10,13H,11-12,16H2/b21-13-. The number of allylic oxidation sites excluding steroid dienone is 3. The molecule has 0 spiro atoms. The number of nitriles is 2. The SMILES string of the molecule is N#CC(C#N)=C(/C=C1\SCCN1Cc1ccccc1)c1ccccc1. The van der Waals surface area contributed by atoms with E-state index in [9.17, 15) is 10.5 Å². The molecule has 0 saturated carbocycles. The summed E-state index contributed by atoms with van der Waals surface area (Å²) in [7, 11) is 0. The fourth-order valence-electron chi connectivity index (χ4n) is 2.74. The lowest BCUT2D eigenvalue weighted by Crippen LogP contribution is -2.17. The molecule has 0 atom stereocenters. The van der Waals surface area contributed by atoms with Gasteiger partial charge in [0.1, 0.15) is 17.7 Å². The molecule has 0 aromatic heterocycles. The van der Waals surface area contributed by atoms with Crippen LogP contribution in [0, 0.1) is 22.7 Å². The van der Waals surface area contributed by atoms with Crippen molar-refractivity contribution in [2.75, 3.05) is 12.3 Å². The van der Waals surface area contributed by atoms with Crippen LogP contribution in [0.3, 0.4) is 0 Å². The quantitative estimate of drug-likeness (QED) is 0.763. The molecular formula is C21H17N3S. The summed E-state index contributed by atoms with van der Waals surface area (Å²) in [5, 5.41) is 19.8. The zero-order valence-electron chi connectivity index (χ0n) is 13.7. The highest BCUT2D eigenvalue weighted by atomic mass is 32.2. The Hall–Kier alpha value is -2.95. The maximum atomic E-state index is 9.35.